The minimum Gasteiger partial charge on any atom is -0.494 e. The molecule has 1 aliphatic carbocycles. The second kappa shape index (κ2) is 13.6. The number of benzene rings is 1. The molecule has 0 aromatic heterocycles. The molecule has 0 unspecified atom stereocenters. The highest BCUT2D eigenvalue weighted by molar-refractivity contribution is 14.0. The molecule has 3 N–H and O–H groups in total. The van der Waals surface area contributed by atoms with Crippen LogP contribution < -0.4 is 20.7 Å². The summed E-state index contributed by atoms with van der Waals surface area (Å²) in [5.74, 6) is 2.36. The first-order valence-corrected chi connectivity index (χ1v) is 10.1. The Morgan fingerprint density at radius 3 is 2.57 bits per heavy atom. The van der Waals surface area contributed by atoms with Gasteiger partial charge < -0.3 is 20.7 Å². The van der Waals surface area contributed by atoms with Gasteiger partial charge in [-0.2, -0.15) is 0 Å². The van der Waals surface area contributed by atoms with E-state index >= 15 is 0 Å². The van der Waals surface area contributed by atoms with E-state index in [1.54, 1.807) is 7.05 Å². The van der Waals surface area contributed by atoms with E-state index in [1.165, 1.54) is 31.2 Å². The van der Waals surface area contributed by atoms with E-state index in [9.17, 15) is 4.79 Å². The lowest BCUT2D eigenvalue weighted by molar-refractivity contribution is -0.121. The first-order chi connectivity index (χ1) is 13.1. The Balaban J connectivity index is 0.00000392. The number of guanidine groups is 1. The van der Waals surface area contributed by atoms with Crippen LogP contribution >= 0.6 is 24.0 Å². The Kier molecular flexibility index (Phi) is 11.9. The van der Waals surface area contributed by atoms with Gasteiger partial charge in [0.1, 0.15) is 5.75 Å². The predicted octanol–water partition coefficient (Wildman–Crippen LogP) is 3.37. The van der Waals surface area contributed by atoms with E-state index in [0.717, 1.165) is 11.3 Å². The van der Waals surface area contributed by atoms with Crippen molar-refractivity contribution >= 4 is 35.8 Å². The van der Waals surface area contributed by atoms with Crippen LogP contribution in [0.2, 0.25) is 0 Å². The van der Waals surface area contributed by atoms with Crippen molar-refractivity contribution in [3.8, 4) is 5.75 Å². The molecule has 0 bridgehead atoms. The van der Waals surface area contributed by atoms with Crippen LogP contribution in [0.5, 0.6) is 5.75 Å². The smallest absolute Gasteiger partial charge is 0.220 e. The van der Waals surface area contributed by atoms with Crippen molar-refractivity contribution in [1.82, 2.24) is 16.0 Å². The number of hydrogen-bond donors (Lipinski definition) is 3. The van der Waals surface area contributed by atoms with Gasteiger partial charge in [-0.25, -0.2) is 0 Å². The van der Waals surface area contributed by atoms with Gasteiger partial charge in [0.15, 0.2) is 5.96 Å². The topological polar surface area (TPSA) is 74.8 Å². The third-order valence-corrected chi connectivity index (χ3v) is 4.88. The van der Waals surface area contributed by atoms with Gasteiger partial charge in [0.05, 0.1) is 6.61 Å². The van der Waals surface area contributed by atoms with E-state index in [4.69, 9.17) is 4.74 Å². The average molecular weight is 502 g/mol. The van der Waals surface area contributed by atoms with Gasteiger partial charge in [0.2, 0.25) is 5.91 Å². The summed E-state index contributed by atoms with van der Waals surface area (Å²) in [6, 6.07) is 6.20. The van der Waals surface area contributed by atoms with Crippen molar-refractivity contribution in [2.45, 2.75) is 52.5 Å². The maximum absolute atomic E-state index is 12.0. The number of carbonyl (C=O) groups excluding carboxylic acids is 1. The molecular weight excluding hydrogens is 467 g/mol. The first-order valence-electron chi connectivity index (χ1n) is 10.1. The SMILES string of the molecule is CCOc1cc(C)ccc1CNC(=NC)NCCNC(=O)CC1CCCC1.I. The Morgan fingerprint density at radius 2 is 1.89 bits per heavy atom. The summed E-state index contributed by atoms with van der Waals surface area (Å²) >= 11 is 0. The number of nitrogens with zero attached hydrogens (tertiary/aromatic N) is 1. The zero-order valence-corrected chi connectivity index (χ0v) is 19.7. The van der Waals surface area contributed by atoms with Crippen molar-refractivity contribution in [1.29, 1.82) is 0 Å². The molecule has 1 aliphatic rings. The molecule has 7 heteroatoms. The second-order valence-corrected chi connectivity index (χ2v) is 7.10. The highest BCUT2D eigenvalue weighted by atomic mass is 127. The third-order valence-electron chi connectivity index (χ3n) is 4.88. The molecule has 1 saturated carbocycles. The van der Waals surface area contributed by atoms with Gasteiger partial charge in [-0.15, -0.1) is 24.0 Å². The van der Waals surface area contributed by atoms with Crippen molar-refractivity contribution in [2.24, 2.45) is 10.9 Å². The van der Waals surface area contributed by atoms with Crippen LogP contribution in [0.1, 0.15) is 50.2 Å². The van der Waals surface area contributed by atoms with Crippen LogP contribution in [0.4, 0.5) is 0 Å². The van der Waals surface area contributed by atoms with Gasteiger partial charge in [-0.1, -0.05) is 25.0 Å². The molecule has 0 aliphatic heterocycles. The number of amides is 1. The highest BCUT2D eigenvalue weighted by Gasteiger charge is 2.17. The summed E-state index contributed by atoms with van der Waals surface area (Å²) in [6.07, 6.45) is 5.61. The van der Waals surface area contributed by atoms with E-state index in [-0.39, 0.29) is 29.9 Å². The standard InChI is InChI=1S/C21H34N4O2.HI/c1-4-27-19-13-16(2)9-10-18(19)15-25-21(22-3)24-12-11-23-20(26)14-17-7-5-6-8-17;/h9-10,13,17H,4-8,11-12,14-15H2,1-3H3,(H,23,26)(H2,22,24,25);1H. The van der Waals surface area contributed by atoms with E-state index in [0.29, 0.717) is 44.5 Å². The van der Waals surface area contributed by atoms with Gasteiger partial charge in [0.25, 0.3) is 0 Å². The number of rotatable bonds is 9. The molecule has 0 atom stereocenters. The number of aryl methyl sites for hydroxylation is 1. The molecule has 28 heavy (non-hydrogen) atoms. The lowest BCUT2D eigenvalue weighted by Crippen LogP contribution is -2.41. The minimum absolute atomic E-state index is 0. The molecule has 2 rings (SSSR count). The molecule has 158 valence electrons. The lowest BCUT2D eigenvalue weighted by atomic mass is 10.0. The van der Waals surface area contributed by atoms with Crippen LogP contribution in [-0.2, 0) is 11.3 Å². The Labute approximate surface area is 186 Å². The van der Waals surface area contributed by atoms with Crippen molar-refractivity contribution in [2.75, 3.05) is 26.7 Å². The van der Waals surface area contributed by atoms with Gasteiger partial charge in [-0.05, 0) is 44.2 Å². The van der Waals surface area contributed by atoms with Crippen LogP contribution in [-0.4, -0.2) is 38.6 Å². The fourth-order valence-corrected chi connectivity index (χ4v) is 3.43. The summed E-state index contributed by atoms with van der Waals surface area (Å²) in [6.45, 7) is 6.55. The number of nitrogens with one attached hydrogen (secondary N) is 3. The Morgan fingerprint density at radius 1 is 1.18 bits per heavy atom. The summed E-state index contributed by atoms with van der Waals surface area (Å²) in [5.41, 5.74) is 2.27. The first kappa shape index (κ1) is 24.5. The van der Waals surface area contributed by atoms with Crippen molar-refractivity contribution in [3.05, 3.63) is 29.3 Å². The highest BCUT2D eigenvalue weighted by Crippen LogP contribution is 2.27. The molecule has 0 spiro atoms. The van der Waals surface area contributed by atoms with Crippen molar-refractivity contribution < 1.29 is 9.53 Å². The van der Waals surface area contributed by atoms with Gasteiger partial charge in [-0.3, -0.25) is 9.79 Å². The maximum Gasteiger partial charge on any atom is 0.220 e. The van der Waals surface area contributed by atoms with Gasteiger partial charge in [0, 0.05) is 38.7 Å². The fourth-order valence-electron chi connectivity index (χ4n) is 3.43. The Bertz CT molecular complexity index is 631. The van der Waals surface area contributed by atoms with Crippen LogP contribution in [0, 0.1) is 12.8 Å². The second-order valence-electron chi connectivity index (χ2n) is 7.10. The lowest BCUT2D eigenvalue weighted by Gasteiger charge is -2.15. The molecular formula is C21H35IN4O2. The minimum atomic E-state index is 0. The normalized spacial score (nSPS) is 14.3. The molecule has 1 fully saturated rings. The largest absolute Gasteiger partial charge is 0.494 e. The maximum atomic E-state index is 12.0. The average Bonchev–Trinajstić information content (AvgIpc) is 3.15. The quantitative estimate of drug-likeness (QED) is 0.210. The summed E-state index contributed by atoms with van der Waals surface area (Å²) in [7, 11) is 1.74. The zero-order valence-electron chi connectivity index (χ0n) is 17.3. The third kappa shape index (κ3) is 8.67. The van der Waals surface area contributed by atoms with E-state index in [1.807, 2.05) is 6.92 Å². The molecule has 1 amide bonds. The van der Waals surface area contributed by atoms with Crippen LogP contribution in [0.25, 0.3) is 0 Å². The summed E-state index contributed by atoms with van der Waals surface area (Å²) in [4.78, 5) is 16.2. The number of halogens is 1. The monoisotopic (exact) mass is 502 g/mol. The molecule has 1 aromatic carbocycles. The zero-order chi connectivity index (χ0) is 19.5. The predicted molar refractivity (Wildman–Crippen MR) is 126 cm³/mol. The van der Waals surface area contributed by atoms with Crippen molar-refractivity contribution in [3.63, 3.8) is 0 Å². The van der Waals surface area contributed by atoms with E-state index in [2.05, 4.69) is 46.1 Å². The Hall–Kier alpha value is -1.51. The van der Waals surface area contributed by atoms with Gasteiger partial charge >= 0.3 is 0 Å². The molecule has 0 radical (unpaired) electrons. The summed E-state index contributed by atoms with van der Waals surface area (Å²) in [5, 5.41) is 9.52. The van der Waals surface area contributed by atoms with E-state index < -0.39 is 0 Å². The van der Waals surface area contributed by atoms with Crippen LogP contribution in [0.15, 0.2) is 23.2 Å². The molecule has 0 heterocycles. The number of ether oxygens (including phenoxy) is 1. The van der Waals surface area contributed by atoms with Crippen LogP contribution in [0.3, 0.4) is 0 Å². The number of hydrogen-bond acceptors (Lipinski definition) is 3. The molecule has 6 nitrogen and oxygen atoms in total. The number of carbonyl (C=O) groups is 1. The molecule has 1 aromatic rings. The molecule has 0 saturated heterocycles. The fraction of sp³-hybridized carbons (Fsp3) is 0.619. The number of aliphatic imine (C=N–C) groups is 1. The summed E-state index contributed by atoms with van der Waals surface area (Å²) < 4.78 is 5.72.